The minimum atomic E-state index is -0.00488. The van der Waals surface area contributed by atoms with Crippen molar-refractivity contribution >= 4 is 29.0 Å². The van der Waals surface area contributed by atoms with Crippen LogP contribution in [0.4, 0.5) is 11.4 Å². The van der Waals surface area contributed by atoms with Crippen molar-refractivity contribution in [2.45, 2.75) is 36.1 Å². The third kappa shape index (κ3) is 3.67. The van der Waals surface area contributed by atoms with Gasteiger partial charge < -0.3 is 15.5 Å². The fourth-order valence-corrected chi connectivity index (χ4v) is 4.18. The van der Waals surface area contributed by atoms with Gasteiger partial charge in [-0.05, 0) is 50.7 Å². The van der Waals surface area contributed by atoms with E-state index in [4.69, 9.17) is 0 Å². The summed E-state index contributed by atoms with van der Waals surface area (Å²) in [6.45, 7) is 5.83. The molecule has 1 atom stereocenters. The molecule has 0 radical (unpaired) electrons. The molecule has 0 saturated carbocycles. The lowest BCUT2D eigenvalue weighted by atomic mass is 10.1. The van der Waals surface area contributed by atoms with Crippen LogP contribution < -0.4 is 15.5 Å². The van der Waals surface area contributed by atoms with Gasteiger partial charge in [-0.25, -0.2) is 0 Å². The van der Waals surface area contributed by atoms with Gasteiger partial charge >= 0.3 is 0 Å². The van der Waals surface area contributed by atoms with Crippen molar-refractivity contribution in [3.05, 3.63) is 48.0 Å². The minimum absolute atomic E-state index is 0.00488. The summed E-state index contributed by atoms with van der Waals surface area (Å²) < 4.78 is 0. The van der Waals surface area contributed by atoms with E-state index < -0.39 is 0 Å². The molecule has 2 N–H and O–H groups in total. The maximum Gasteiger partial charge on any atom is 0.251 e. The van der Waals surface area contributed by atoms with Crippen molar-refractivity contribution in [3.8, 4) is 0 Å². The van der Waals surface area contributed by atoms with Crippen LogP contribution in [0.15, 0.2) is 52.3 Å². The van der Waals surface area contributed by atoms with Gasteiger partial charge in [-0.2, -0.15) is 0 Å². The molecule has 0 fully saturated rings. The summed E-state index contributed by atoms with van der Waals surface area (Å²) >= 11 is 1.77. The molecule has 132 valence electrons. The molecule has 0 spiro atoms. The summed E-state index contributed by atoms with van der Waals surface area (Å²) in [5, 5.41) is 6.23. The number of carbonyl (C=O) groups is 1. The average Bonchev–Trinajstić information content (AvgIpc) is 2.63. The van der Waals surface area contributed by atoms with Crippen LogP contribution >= 0.6 is 11.8 Å². The largest absolute Gasteiger partial charge is 0.352 e. The number of carbonyl (C=O) groups excluding carboxylic acids is 1. The quantitative estimate of drug-likeness (QED) is 0.821. The fraction of sp³-hybridized carbons (Fsp3) is 0.350. The van der Waals surface area contributed by atoms with Gasteiger partial charge in [0.05, 0.1) is 11.4 Å². The first-order valence-electron chi connectivity index (χ1n) is 8.78. The normalized spacial score (nSPS) is 13.8. The second kappa shape index (κ2) is 7.93. The second-order valence-electron chi connectivity index (χ2n) is 6.28. The van der Waals surface area contributed by atoms with E-state index in [9.17, 15) is 4.79 Å². The second-order valence-corrected chi connectivity index (χ2v) is 7.37. The van der Waals surface area contributed by atoms with Crippen LogP contribution in [0.1, 0.15) is 30.6 Å². The molecule has 0 bridgehead atoms. The van der Waals surface area contributed by atoms with Crippen molar-refractivity contribution in [1.82, 2.24) is 10.6 Å². The highest BCUT2D eigenvalue weighted by Gasteiger charge is 2.27. The smallest absolute Gasteiger partial charge is 0.251 e. The molecule has 2 aromatic rings. The van der Waals surface area contributed by atoms with Gasteiger partial charge in [0.2, 0.25) is 0 Å². The Morgan fingerprint density at radius 2 is 1.92 bits per heavy atom. The van der Waals surface area contributed by atoms with Gasteiger partial charge in [-0.15, -0.1) is 0 Å². The lowest BCUT2D eigenvalue weighted by molar-refractivity contribution is 0.0953. The number of likely N-dealkylation sites (N-methyl/N-ethyl adjacent to an activating group) is 1. The van der Waals surface area contributed by atoms with E-state index in [-0.39, 0.29) is 11.9 Å². The Kier molecular flexibility index (Phi) is 5.66. The van der Waals surface area contributed by atoms with Crippen molar-refractivity contribution < 1.29 is 4.79 Å². The Hall–Kier alpha value is -1.98. The highest BCUT2D eigenvalue weighted by Crippen LogP contribution is 2.49. The molecule has 3 rings (SSSR count). The van der Waals surface area contributed by atoms with E-state index in [0.717, 1.165) is 18.7 Å². The third-order valence-corrected chi connectivity index (χ3v) is 5.43. The zero-order valence-electron chi connectivity index (χ0n) is 15.0. The van der Waals surface area contributed by atoms with Gasteiger partial charge in [0.15, 0.2) is 0 Å². The van der Waals surface area contributed by atoms with Crippen LogP contribution in [0.5, 0.6) is 0 Å². The monoisotopic (exact) mass is 355 g/mol. The number of nitrogens with zero attached hydrogens (tertiary/aromatic N) is 1. The van der Waals surface area contributed by atoms with Crippen molar-refractivity contribution in [2.24, 2.45) is 0 Å². The molecule has 4 nitrogen and oxygen atoms in total. The predicted molar refractivity (Wildman–Crippen MR) is 105 cm³/mol. The van der Waals surface area contributed by atoms with Crippen LogP contribution in [0.2, 0.25) is 0 Å². The number of nitrogens with one attached hydrogen (secondary N) is 2. The molecular weight excluding hydrogens is 330 g/mol. The van der Waals surface area contributed by atoms with Gasteiger partial charge in [-0.3, -0.25) is 4.79 Å². The van der Waals surface area contributed by atoms with E-state index in [0.29, 0.717) is 12.1 Å². The number of anilines is 2. The van der Waals surface area contributed by atoms with Crippen LogP contribution in [-0.2, 0) is 0 Å². The summed E-state index contributed by atoms with van der Waals surface area (Å²) in [5.74, 6) is -0.00488. The highest BCUT2D eigenvalue weighted by molar-refractivity contribution is 7.99. The van der Waals surface area contributed by atoms with Crippen LogP contribution in [0, 0.1) is 0 Å². The van der Waals surface area contributed by atoms with Crippen molar-refractivity contribution in [3.63, 3.8) is 0 Å². The van der Waals surface area contributed by atoms with Gasteiger partial charge in [0.1, 0.15) is 0 Å². The molecule has 1 unspecified atom stereocenters. The van der Waals surface area contributed by atoms with E-state index in [1.165, 1.54) is 15.5 Å². The Bertz CT molecular complexity index is 762. The summed E-state index contributed by atoms with van der Waals surface area (Å²) in [6.07, 6.45) is 0.936. The van der Waals surface area contributed by atoms with Crippen molar-refractivity contribution in [2.75, 3.05) is 25.0 Å². The summed E-state index contributed by atoms with van der Waals surface area (Å²) in [4.78, 5) is 17.2. The van der Waals surface area contributed by atoms with Crippen LogP contribution in [-0.4, -0.2) is 32.1 Å². The predicted octanol–water partition coefficient (Wildman–Crippen LogP) is 4.04. The fourth-order valence-electron chi connectivity index (χ4n) is 3.13. The molecule has 0 aromatic heterocycles. The number of benzene rings is 2. The molecule has 1 amide bonds. The SMILES string of the molecule is CCCNC(=O)c1ccc2c(c1)N(C(C)CNC)c1ccccc1S2. The number of fused-ring (bicyclic) bond motifs is 2. The lowest BCUT2D eigenvalue weighted by Crippen LogP contribution is -2.37. The molecule has 0 aliphatic carbocycles. The first kappa shape index (κ1) is 17.8. The van der Waals surface area contributed by atoms with E-state index in [1.807, 2.05) is 19.2 Å². The number of hydrogen-bond donors (Lipinski definition) is 2. The molecule has 1 aliphatic heterocycles. The summed E-state index contributed by atoms with van der Waals surface area (Å²) in [5.41, 5.74) is 3.03. The highest BCUT2D eigenvalue weighted by atomic mass is 32.2. The topological polar surface area (TPSA) is 44.4 Å². The zero-order valence-corrected chi connectivity index (χ0v) is 15.8. The molecular formula is C20H25N3OS. The third-order valence-electron chi connectivity index (χ3n) is 4.30. The Balaban J connectivity index is 2.02. The first-order chi connectivity index (χ1) is 12.2. The van der Waals surface area contributed by atoms with Gasteiger partial charge in [-0.1, -0.05) is 30.8 Å². The van der Waals surface area contributed by atoms with Gasteiger partial charge in [0, 0.05) is 34.5 Å². The maximum absolute atomic E-state index is 12.4. The van der Waals surface area contributed by atoms with Gasteiger partial charge in [0.25, 0.3) is 5.91 Å². The summed E-state index contributed by atoms with van der Waals surface area (Å²) in [7, 11) is 1.97. The van der Waals surface area contributed by atoms with E-state index in [1.54, 1.807) is 11.8 Å². The average molecular weight is 356 g/mol. The maximum atomic E-state index is 12.4. The Labute approximate surface area is 154 Å². The standard InChI is InChI=1S/C20H25N3OS/c1-4-11-22-20(24)15-9-10-19-17(12-15)23(14(2)13-21-3)16-7-5-6-8-18(16)25-19/h5-10,12,14,21H,4,11,13H2,1-3H3,(H,22,24). The van der Waals surface area contributed by atoms with Crippen LogP contribution in [0.25, 0.3) is 0 Å². The first-order valence-corrected chi connectivity index (χ1v) is 9.60. The molecule has 2 aromatic carbocycles. The molecule has 1 heterocycles. The Morgan fingerprint density at radius 3 is 2.68 bits per heavy atom. The van der Waals surface area contributed by atoms with E-state index in [2.05, 4.69) is 59.7 Å². The Morgan fingerprint density at radius 1 is 1.16 bits per heavy atom. The van der Waals surface area contributed by atoms with E-state index >= 15 is 0 Å². The zero-order chi connectivity index (χ0) is 17.8. The van der Waals surface area contributed by atoms with Crippen molar-refractivity contribution in [1.29, 1.82) is 0 Å². The molecule has 25 heavy (non-hydrogen) atoms. The number of rotatable bonds is 6. The molecule has 1 aliphatic rings. The summed E-state index contributed by atoms with van der Waals surface area (Å²) in [6, 6.07) is 14.7. The molecule has 5 heteroatoms. The lowest BCUT2D eigenvalue weighted by Gasteiger charge is -2.37. The number of para-hydroxylation sites is 1. The number of hydrogen-bond acceptors (Lipinski definition) is 4. The number of amides is 1. The minimum Gasteiger partial charge on any atom is -0.352 e. The molecule has 0 saturated heterocycles. The van der Waals surface area contributed by atoms with Crippen LogP contribution in [0.3, 0.4) is 0 Å².